The number of amides is 2. The highest BCUT2D eigenvalue weighted by molar-refractivity contribution is 9.10. The Morgan fingerprint density at radius 3 is 2.74 bits per heavy atom. The minimum atomic E-state index is -0.475. The van der Waals surface area contributed by atoms with Crippen LogP contribution in [0.15, 0.2) is 53.4 Å². The summed E-state index contributed by atoms with van der Waals surface area (Å²) in [6.45, 7) is 0.800. The summed E-state index contributed by atoms with van der Waals surface area (Å²) in [5.74, 6) is -0.588. The van der Waals surface area contributed by atoms with Gasteiger partial charge >= 0.3 is 0 Å². The van der Waals surface area contributed by atoms with Crippen LogP contribution < -0.4 is 5.32 Å². The van der Waals surface area contributed by atoms with Crippen LogP contribution in [-0.4, -0.2) is 50.7 Å². The molecule has 0 unspecified atom stereocenters. The molecular formula is C18H15BrFN5O2. The number of carbonyl (C=O) groups excluding carboxylic acids is 2. The lowest BCUT2D eigenvalue weighted by atomic mass is 10.2. The van der Waals surface area contributed by atoms with Crippen LogP contribution in [0.2, 0.25) is 0 Å². The maximum atomic E-state index is 14.5. The number of hydrogen-bond donors (Lipinski definition) is 1. The summed E-state index contributed by atoms with van der Waals surface area (Å²) in [7, 11) is 0. The van der Waals surface area contributed by atoms with Crippen LogP contribution in [-0.2, 0) is 4.79 Å². The third-order valence-electron chi connectivity index (χ3n) is 4.29. The van der Waals surface area contributed by atoms with Gasteiger partial charge in [0.2, 0.25) is 5.91 Å². The van der Waals surface area contributed by atoms with Gasteiger partial charge in [0.05, 0.1) is 12.7 Å². The van der Waals surface area contributed by atoms with E-state index < -0.39 is 5.82 Å². The normalized spacial score (nSPS) is 14.3. The van der Waals surface area contributed by atoms with Crippen molar-refractivity contribution in [1.82, 2.24) is 24.6 Å². The highest BCUT2D eigenvalue weighted by atomic mass is 79.9. The van der Waals surface area contributed by atoms with Crippen molar-refractivity contribution in [3.05, 3.63) is 64.8 Å². The maximum Gasteiger partial charge on any atom is 0.259 e. The Morgan fingerprint density at radius 2 is 2.04 bits per heavy atom. The Kier molecular flexibility index (Phi) is 4.53. The van der Waals surface area contributed by atoms with E-state index in [-0.39, 0.29) is 24.0 Å². The zero-order chi connectivity index (χ0) is 19.0. The van der Waals surface area contributed by atoms with Crippen LogP contribution >= 0.6 is 15.9 Å². The molecule has 4 rings (SSSR count). The Labute approximate surface area is 162 Å². The third kappa shape index (κ3) is 3.25. The van der Waals surface area contributed by atoms with Crippen molar-refractivity contribution in [3.63, 3.8) is 0 Å². The first-order valence-corrected chi connectivity index (χ1v) is 9.06. The largest absolute Gasteiger partial charge is 0.353 e. The van der Waals surface area contributed by atoms with Gasteiger partial charge in [0, 0.05) is 30.0 Å². The van der Waals surface area contributed by atoms with E-state index in [1.807, 2.05) is 0 Å². The van der Waals surface area contributed by atoms with Crippen molar-refractivity contribution < 1.29 is 14.0 Å². The van der Waals surface area contributed by atoms with Gasteiger partial charge < -0.3 is 14.8 Å². The minimum Gasteiger partial charge on any atom is -0.353 e. The second-order valence-electron chi connectivity index (χ2n) is 6.06. The number of carbonyl (C=O) groups is 2. The van der Waals surface area contributed by atoms with Crippen molar-refractivity contribution >= 4 is 27.7 Å². The number of nitrogens with zero attached hydrogens (tertiary/aromatic N) is 4. The topological polar surface area (TPSA) is 72.2 Å². The average Bonchev–Trinajstić information content (AvgIpc) is 3.30. The zero-order valence-corrected chi connectivity index (χ0v) is 15.7. The van der Waals surface area contributed by atoms with E-state index in [1.54, 1.807) is 41.2 Å². The van der Waals surface area contributed by atoms with Crippen LogP contribution in [0.3, 0.4) is 0 Å². The molecule has 7 nitrogen and oxygen atoms in total. The number of nitrogens with one attached hydrogen (secondary N) is 1. The van der Waals surface area contributed by atoms with Gasteiger partial charge in [-0.2, -0.15) is 5.10 Å². The summed E-state index contributed by atoms with van der Waals surface area (Å²) < 4.78 is 18.2. The molecule has 9 heteroatoms. The molecule has 2 amide bonds. The molecule has 0 atom stereocenters. The van der Waals surface area contributed by atoms with Crippen molar-refractivity contribution in [2.75, 3.05) is 19.6 Å². The molecule has 1 fully saturated rings. The second kappa shape index (κ2) is 6.99. The molecule has 1 N–H and O–H groups in total. The summed E-state index contributed by atoms with van der Waals surface area (Å²) in [4.78, 5) is 26.1. The quantitative estimate of drug-likeness (QED) is 0.690. The van der Waals surface area contributed by atoms with Gasteiger partial charge in [-0.1, -0.05) is 15.9 Å². The monoisotopic (exact) mass is 431 g/mol. The van der Waals surface area contributed by atoms with Crippen LogP contribution in [0.4, 0.5) is 4.39 Å². The van der Waals surface area contributed by atoms with Crippen molar-refractivity contribution in [2.24, 2.45) is 0 Å². The molecule has 0 radical (unpaired) electrons. The highest BCUT2D eigenvalue weighted by Gasteiger charge is 2.28. The van der Waals surface area contributed by atoms with Gasteiger partial charge in [-0.05, 0) is 30.3 Å². The van der Waals surface area contributed by atoms with Gasteiger partial charge in [-0.15, -0.1) is 0 Å². The highest BCUT2D eigenvalue weighted by Crippen LogP contribution is 2.25. The first kappa shape index (κ1) is 17.5. The number of halogens is 2. The zero-order valence-electron chi connectivity index (χ0n) is 14.1. The summed E-state index contributed by atoms with van der Waals surface area (Å²) in [5.41, 5.74) is 0.514. The van der Waals surface area contributed by atoms with E-state index in [0.717, 1.165) is 0 Å². The molecule has 0 aliphatic carbocycles. The number of aromatic nitrogens is 3. The Morgan fingerprint density at radius 1 is 1.26 bits per heavy atom. The van der Waals surface area contributed by atoms with Gasteiger partial charge in [0.15, 0.2) is 5.82 Å². The molecule has 3 aromatic rings. The lowest BCUT2D eigenvalue weighted by molar-refractivity contribution is -0.123. The summed E-state index contributed by atoms with van der Waals surface area (Å²) in [6, 6.07) is 8.24. The molecule has 1 aromatic carbocycles. The molecule has 0 spiro atoms. The van der Waals surface area contributed by atoms with Crippen molar-refractivity contribution in [2.45, 2.75) is 0 Å². The number of piperazine rings is 1. The van der Waals surface area contributed by atoms with Crippen LogP contribution in [0.25, 0.3) is 11.5 Å². The molecule has 0 bridgehead atoms. The Bertz CT molecular complexity index is 1010. The fourth-order valence-corrected chi connectivity index (χ4v) is 3.36. The van der Waals surface area contributed by atoms with Gasteiger partial charge in [0.1, 0.15) is 17.1 Å². The molecule has 1 aliphatic rings. The second-order valence-corrected chi connectivity index (χ2v) is 6.97. The lowest BCUT2D eigenvalue weighted by Gasteiger charge is -2.26. The number of benzene rings is 1. The molecule has 138 valence electrons. The summed E-state index contributed by atoms with van der Waals surface area (Å²) >= 11 is 3.24. The Hall–Kier alpha value is -2.94. The first-order valence-electron chi connectivity index (χ1n) is 8.27. The smallest absolute Gasteiger partial charge is 0.259 e. The number of hydrogen-bond acceptors (Lipinski definition) is 3. The molecule has 1 saturated heterocycles. The molecule has 27 heavy (non-hydrogen) atoms. The van der Waals surface area contributed by atoms with E-state index in [0.29, 0.717) is 28.9 Å². The maximum absolute atomic E-state index is 14.5. The summed E-state index contributed by atoms with van der Waals surface area (Å²) in [5, 5.41) is 6.95. The van der Waals surface area contributed by atoms with Crippen LogP contribution in [0.5, 0.6) is 0 Å². The van der Waals surface area contributed by atoms with Crippen LogP contribution in [0, 0.1) is 5.82 Å². The van der Waals surface area contributed by atoms with Crippen molar-refractivity contribution in [1.29, 1.82) is 0 Å². The number of rotatable bonds is 3. The van der Waals surface area contributed by atoms with E-state index in [9.17, 15) is 14.0 Å². The molecule has 3 heterocycles. The van der Waals surface area contributed by atoms with E-state index in [2.05, 4.69) is 26.3 Å². The van der Waals surface area contributed by atoms with Gasteiger partial charge in [-0.3, -0.25) is 9.59 Å². The summed E-state index contributed by atoms with van der Waals surface area (Å²) in [6.07, 6.45) is 4.92. The van der Waals surface area contributed by atoms with Crippen molar-refractivity contribution in [3.8, 4) is 11.5 Å². The fraction of sp³-hybridized carbons (Fsp3) is 0.167. The SMILES string of the molecule is O=C1CN(C(=O)c2cnn(-c3ccc(Br)cc3F)c2-n2cccc2)CCN1. The van der Waals surface area contributed by atoms with E-state index in [4.69, 9.17) is 0 Å². The molecular weight excluding hydrogens is 417 g/mol. The van der Waals surface area contributed by atoms with Gasteiger partial charge in [0.25, 0.3) is 5.91 Å². The van der Waals surface area contributed by atoms with Crippen LogP contribution in [0.1, 0.15) is 10.4 Å². The van der Waals surface area contributed by atoms with Gasteiger partial charge in [-0.25, -0.2) is 9.07 Å². The molecule has 2 aromatic heterocycles. The minimum absolute atomic E-state index is 0.0121. The third-order valence-corrected chi connectivity index (χ3v) is 4.78. The molecule has 1 aliphatic heterocycles. The standard InChI is InChI=1S/C18H15BrFN5O2/c19-12-3-4-15(14(20)9-12)25-17(23-6-1-2-7-23)13(10-22-25)18(27)24-8-5-21-16(26)11-24/h1-4,6-7,9-10H,5,8,11H2,(H,21,26). The Balaban J connectivity index is 1.82. The van der Waals surface area contributed by atoms with E-state index >= 15 is 0 Å². The lowest BCUT2D eigenvalue weighted by Crippen LogP contribution is -2.50. The predicted molar refractivity (Wildman–Crippen MR) is 99.5 cm³/mol. The van der Waals surface area contributed by atoms with E-state index in [1.165, 1.54) is 21.8 Å². The average molecular weight is 432 g/mol. The predicted octanol–water partition coefficient (Wildman–Crippen LogP) is 2.14. The first-order chi connectivity index (χ1) is 13.0. The molecule has 0 saturated carbocycles. The fourth-order valence-electron chi connectivity index (χ4n) is 3.03.